The predicted molar refractivity (Wildman–Crippen MR) is 66.3 cm³/mol. The molecule has 0 radical (unpaired) electrons. The van der Waals surface area contributed by atoms with Gasteiger partial charge >= 0.3 is 6.09 Å². The Labute approximate surface area is 107 Å². The van der Waals surface area contributed by atoms with Crippen LogP contribution in [-0.4, -0.2) is 34.7 Å². The average molecular weight is 252 g/mol. The molecule has 2 heterocycles. The standard InChI is InChI=1S/C13H20N2O3/c1-13(2,3)18-12(16)15-7-4-10(5-8-15)11-14-6-9-17-11/h6,9-10H,4-5,7-8H2,1-3H3. The van der Waals surface area contributed by atoms with Crippen LogP contribution < -0.4 is 0 Å². The summed E-state index contributed by atoms with van der Waals surface area (Å²) in [6.45, 7) is 7.03. The lowest BCUT2D eigenvalue weighted by molar-refractivity contribution is 0.0199. The van der Waals surface area contributed by atoms with Crippen molar-refractivity contribution in [3.05, 3.63) is 18.4 Å². The number of oxazole rings is 1. The summed E-state index contributed by atoms with van der Waals surface area (Å²) in [7, 11) is 0. The van der Waals surface area contributed by atoms with E-state index in [4.69, 9.17) is 9.15 Å². The molecule has 0 aliphatic carbocycles. The molecule has 0 aromatic carbocycles. The maximum Gasteiger partial charge on any atom is 0.410 e. The van der Waals surface area contributed by atoms with Crippen LogP contribution in [0.25, 0.3) is 0 Å². The fraction of sp³-hybridized carbons (Fsp3) is 0.692. The minimum atomic E-state index is -0.434. The number of carbonyl (C=O) groups excluding carboxylic acids is 1. The second-order valence-corrected chi connectivity index (χ2v) is 5.61. The predicted octanol–water partition coefficient (Wildman–Crippen LogP) is 2.79. The molecule has 1 amide bonds. The van der Waals surface area contributed by atoms with Crippen LogP contribution in [0.1, 0.15) is 45.4 Å². The Morgan fingerprint density at radius 3 is 2.61 bits per heavy atom. The number of likely N-dealkylation sites (tertiary alicyclic amines) is 1. The number of hydrogen-bond donors (Lipinski definition) is 0. The minimum absolute atomic E-state index is 0.228. The van der Waals surface area contributed by atoms with Crippen molar-refractivity contribution in [2.24, 2.45) is 0 Å². The van der Waals surface area contributed by atoms with Crippen LogP contribution in [0.4, 0.5) is 4.79 Å². The number of piperidine rings is 1. The van der Waals surface area contributed by atoms with Crippen molar-refractivity contribution in [3.63, 3.8) is 0 Å². The van der Waals surface area contributed by atoms with Gasteiger partial charge in [0.05, 0.1) is 6.20 Å². The van der Waals surface area contributed by atoms with E-state index in [2.05, 4.69) is 4.98 Å². The summed E-state index contributed by atoms with van der Waals surface area (Å²) in [6.07, 6.45) is 4.78. The van der Waals surface area contributed by atoms with E-state index in [1.165, 1.54) is 0 Å². The fourth-order valence-corrected chi connectivity index (χ4v) is 2.07. The Hall–Kier alpha value is -1.52. The lowest BCUT2D eigenvalue weighted by Gasteiger charge is -2.32. The third-order valence-corrected chi connectivity index (χ3v) is 2.95. The summed E-state index contributed by atoms with van der Waals surface area (Å²) < 4.78 is 10.7. The van der Waals surface area contributed by atoms with E-state index in [9.17, 15) is 4.79 Å². The van der Waals surface area contributed by atoms with Gasteiger partial charge in [0.1, 0.15) is 11.9 Å². The second-order valence-electron chi connectivity index (χ2n) is 5.61. The summed E-state index contributed by atoms with van der Waals surface area (Å²) in [4.78, 5) is 17.8. The van der Waals surface area contributed by atoms with Crippen molar-refractivity contribution >= 4 is 6.09 Å². The van der Waals surface area contributed by atoms with Gasteiger partial charge in [-0.05, 0) is 33.6 Å². The van der Waals surface area contributed by atoms with Gasteiger partial charge in [0.25, 0.3) is 0 Å². The number of aromatic nitrogens is 1. The molecule has 5 nitrogen and oxygen atoms in total. The molecule has 1 saturated heterocycles. The highest BCUT2D eigenvalue weighted by Gasteiger charge is 2.28. The molecule has 0 N–H and O–H groups in total. The molecule has 1 aromatic heterocycles. The molecular formula is C13H20N2O3. The van der Waals surface area contributed by atoms with Crippen molar-refractivity contribution in [2.75, 3.05) is 13.1 Å². The molecular weight excluding hydrogens is 232 g/mol. The smallest absolute Gasteiger partial charge is 0.410 e. The number of nitrogens with zero attached hydrogens (tertiary/aromatic N) is 2. The molecule has 1 aliphatic rings. The van der Waals surface area contributed by atoms with Crippen LogP contribution in [0.3, 0.4) is 0 Å². The molecule has 1 aromatic rings. The first-order valence-electron chi connectivity index (χ1n) is 6.33. The zero-order valence-electron chi connectivity index (χ0n) is 11.2. The first kappa shape index (κ1) is 12.9. The lowest BCUT2D eigenvalue weighted by atomic mass is 9.97. The molecule has 1 fully saturated rings. The Balaban J connectivity index is 1.85. The van der Waals surface area contributed by atoms with Crippen LogP contribution in [0.15, 0.2) is 16.9 Å². The van der Waals surface area contributed by atoms with Crippen LogP contribution in [0, 0.1) is 0 Å². The Morgan fingerprint density at radius 1 is 1.44 bits per heavy atom. The number of hydrogen-bond acceptors (Lipinski definition) is 4. The van der Waals surface area contributed by atoms with Gasteiger partial charge in [-0.25, -0.2) is 9.78 Å². The maximum atomic E-state index is 11.9. The van der Waals surface area contributed by atoms with Gasteiger partial charge in [-0.15, -0.1) is 0 Å². The molecule has 0 spiro atoms. The Kier molecular flexibility index (Phi) is 3.59. The lowest BCUT2D eigenvalue weighted by Crippen LogP contribution is -2.41. The summed E-state index contributed by atoms with van der Waals surface area (Å²) in [5.41, 5.74) is -0.434. The van der Waals surface area contributed by atoms with Gasteiger partial charge in [0.2, 0.25) is 0 Å². The minimum Gasteiger partial charge on any atom is -0.449 e. The van der Waals surface area contributed by atoms with E-state index in [1.54, 1.807) is 17.4 Å². The highest BCUT2D eigenvalue weighted by atomic mass is 16.6. The molecule has 1 aliphatic heterocycles. The largest absolute Gasteiger partial charge is 0.449 e. The maximum absolute atomic E-state index is 11.9. The summed E-state index contributed by atoms with van der Waals surface area (Å²) >= 11 is 0. The molecule has 2 rings (SSSR count). The monoisotopic (exact) mass is 252 g/mol. The molecule has 18 heavy (non-hydrogen) atoms. The van der Waals surface area contributed by atoms with Gasteiger partial charge in [0, 0.05) is 19.0 Å². The number of amides is 1. The van der Waals surface area contributed by atoms with Crippen molar-refractivity contribution < 1.29 is 13.9 Å². The van der Waals surface area contributed by atoms with E-state index in [1.807, 2.05) is 20.8 Å². The normalized spacial score (nSPS) is 17.8. The Bertz CT molecular complexity index is 387. The Morgan fingerprint density at radius 2 is 2.11 bits per heavy atom. The SMILES string of the molecule is CC(C)(C)OC(=O)N1CCC(c2ncco2)CC1. The second kappa shape index (κ2) is 5.00. The number of ether oxygens (including phenoxy) is 1. The third-order valence-electron chi connectivity index (χ3n) is 2.95. The van der Waals surface area contributed by atoms with E-state index >= 15 is 0 Å². The van der Waals surface area contributed by atoms with Gasteiger partial charge in [-0.1, -0.05) is 0 Å². The molecule has 100 valence electrons. The summed E-state index contributed by atoms with van der Waals surface area (Å²) in [5, 5.41) is 0. The van der Waals surface area contributed by atoms with Gasteiger partial charge in [0.15, 0.2) is 5.89 Å². The van der Waals surface area contributed by atoms with Crippen molar-refractivity contribution in [1.82, 2.24) is 9.88 Å². The number of carbonyl (C=O) groups is 1. The van der Waals surface area contributed by atoms with Crippen molar-refractivity contribution in [3.8, 4) is 0 Å². The van der Waals surface area contributed by atoms with Crippen molar-refractivity contribution in [1.29, 1.82) is 0 Å². The third kappa shape index (κ3) is 3.24. The van der Waals surface area contributed by atoms with Crippen molar-refractivity contribution in [2.45, 2.75) is 45.1 Å². The molecule has 0 atom stereocenters. The van der Waals surface area contributed by atoms with Crippen LogP contribution >= 0.6 is 0 Å². The van der Waals surface area contributed by atoms with E-state index in [0.29, 0.717) is 19.0 Å². The van der Waals surface area contributed by atoms with E-state index < -0.39 is 5.60 Å². The first-order chi connectivity index (χ1) is 8.46. The average Bonchev–Trinajstić information content (AvgIpc) is 2.80. The zero-order valence-corrected chi connectivity index (χ0v) is 11.2. The van der Waals surface area contributed by atoms with Gasteiger partial charge < -0.3 is 14.1 Å². The number of rotatable bonds is 1. The van der Waals surface area contributed by atoms with Crippen LogP contribution in [-0.2, 0) is 4.74 Å². The molecule has 0 bridgehead atoms. The summed E-state index contributed by atoms with van der Waals surface area (Å²) in [6, 6.07) is 0. The van der Waals surface area contributed by atoms with E-state index in [0.717, 1.165) is 18.7 Å². The van der Waals surface area contributed by atoms with E-state index in [-0.39, 0.29) is 6.09 Å². The van der Waals surface area contributed by atoms with Gasteiger partial charge in [-0.3, -0.25) is 0 Å². The molecule has 0 saturated carbocycles. The summed E-state index contributed by atoms with van der Waals surface area (Å²) in [5.74, 6) is 1.09. The zero-order chi connectivity index (χ0) is 13.2. The topological polar surface area (TPSA) is 55.6 Å². The molecule has 0 unspecified atom stereocenters. The van der Waals surface area contributed by atoms with Crippen LogP contribution in [0.2, 0.25) is 0 Å². The highest BCUT2D eigenvalue weighted by Crippen LogP contribution is 2.27. The first-order valence-corrected chi connectivity index (χ1v) is 6.33. The van der Waals surface area contributed by atoms with Gasteiger partial charge in [-0.2, -0.15) is 0 Å². The molecule has 5 heteroatoms. The highest BCUT2D eigenvalue weighted by molar-refractivity contribution is 5.68. The fourth-order valence-electron chi connectivity index (χ4n) is 2.07. The van der Waals surface area contributed by atoms with Crippen LogP contribution in [0.5, 0.6) is 0 Å². The quantitative estimate of drug-likeness (QED) is 0.771.